The molecule has 0 aliphatic carbocycles. The molecule has 2 rings (SSSR count). The molecule has 1 aliphatic rings. The van der Waals surface area contributed by atoms with E-state index in [0.29, 0.717) is 36.1 Å². The minimum absolute atomic E-state index is 0.0216. The Balaban J connectivity index is 2.34. The molecule has 128 valence electrons. The van der Waals surface area contributed by atoms with Crippen LogP contribution in [0.25, 0.3) is 0 Å². The van der Waals surface area contributed by atoms with Crippen LogP contribution in [0.15, 0.2) is 6.07 Å². The third kappa shape index (κ3) is 4.14. The molecule has 0 spiro atoms. The van der Waals surface area contributed by atoms with Gasteiger partial charge in [-0.25, -0.2) is 0 Å². The third-order valence-electron chi connectivity index (χ3n) is 4.20. The fourth-order valence-electron chi connectivity index (χ4n) is 2.70. The Labute approximate surface area is 135 Å². The van der Waals surface area contributed by atoms with Gasteiger partial charge in [0.2, 0.25) is 0 Å². The lowest BCUT2D eigenvalue weighted by atomic mass is 9.87. The van der Waals surface area contributed by atoms with Crippen LogP contribution in [0.2, 0.25) is 0 Å². The number of rotatable bonds is 5. The molecule has 8 heteroatoms. The summed E-state index contributed by atoms with van der Waals surface area (Å²) in [5, 5.41) is 8.84. The molecular weight excluding hydrogens is 324 g/mol. The Morgan fingerprint density at radius 2 is 2.04 bits per heavy atom. The predicted molar refractivity (Wildman–Crippen MR) is 82.3 cm³/mol. The first-order chi connectivity index (χ1) is 10.5. The van der Waals surface area contributed by atoms with Gasteiger partial charge in [0.25, 0.3) is 0 Å². The van der Waals surface area contributed by atoms with Crippen molar-refractivity contribution in [3.63, 3.8) is 0 Å². The molecule has 0 radical (unpaired) electrons. The maximum Gasteiger partial charge on any atom is 0.446 e. The number of carboxylic acid groups (broad SMARTS) is 1. The largest absolute Gasteiger partial charge is 0.487 e. The topological polar surface area (TPSA) is 110 Å². The van der Waals surface area contributed by atoms with E-state index in [1.54, 1.807) is 19.9 Å². The number of benzene rings is 1. The van der Waals surface area contributed by atoms with Crippen LogP contribution in [0.5, 0.6) is 11.5 Å². The number of ether oxygens (including phenoxy) is 1. The van der Waals surface area contributed by atoms with Crippen molar-refractivity contribution in [3.8, 4) is 11.5 Å². The number of fused-ring (bicyclic) bond motifs is 1. The SMILES string of the molecule is Cc1c(OS(=O)(=O)O)cc2c(c1C)OC(C)(CCC(=O)O)CC2. The van der Waals surface area contributed by atoms with Gasteiger partial charge in [0, 0.05) is 6.42 Å². The second-order valence-corrected chi connectivity index (χ2v) is 7.09. The van der Waals surface area contributed by atoms with Crippen molar-refractivity contribution in [3.05, 3.63) is 22.8 Å². The fraction of sp³-hybridized carbons (Fsp3) is 0.533. The van der Waals surface area contributed by atoms with E-state index in [9.17, 15) is 13.2 Å². The maximum atomic E-state index is 10.9. The Morgan fingerprint density at radius 1 is 1.39 bits per heavy atom. The van der Waals surface area contributed by atoms with Crippen molar-refractivity contribution < 1.29 is 31.8 Å². The molecule has 23 heavy (non-hydrogen) atoms. The van der Waals surface area contributed by atoms with E-state index in [2.05, 4.69) is 4.18 Å². The van der Waals surface area contributed by atoms with Gasteiger partial charge in [-0.05, 0) is 62.8 Å². The van der Waals surface area contributed by atoms with Crippen LogP contribution in [0.4, 0.5) is 0 Å². The van der Waals surface area contributed by atoms with E-state index < -0.39 is 22.0 Å². The monoisotopic (exact) mass is 344 g/mol. The van der Waals surface area contributed by atoms with Crippen LogP contribution in [0, 0.1) is 13.8 Å². The van der Waals surface area contributed by atoms with Crippen molar-refractivity contribution in [2.75, 3.05) is 0 Å². The Hall–Kier alpha value is -1.80. The Morgan fingerprint density at radius 3 is 2.61 bits per heavy atom. The summed E-state index contributed by atoms with van der Waals surface area (Å²) in [5.41, 5.74) is 1.46. The van der Waals surface area contributed by atoms with Gasteiger partial charge in [0.15, 0.2) is 0 Å². The molecule has 1 atom stereocenters. The fourth-order valence-corrected chi connectivity index (χ4v) is 3.10. The molecule has 1 aliphatic heterocycles. The smallest absolute Gasteiger partial charge is 0.446 e. The summed E-state index contributed by atoms with van der Waals surface area (Å²) in [7, 11) is -4.59. The number of aryl methyl sites for hydroxylation is 1. The van der Waals surface area contributed by atoms with Gasteiger partial charge in [0.05, 0.1) is 0 Å². The molecule has 2 N–H and O–H groups in total. The van der Waals surface area contributed by atoms with Crippen LogP contribution in [0.3, 0.4) is 0 Å². The molecule has 1 aromatic rings. The Bertz CT molecular complexity index is 739. The number of hydrogen-bond acceptors (Lipinski definition) is 5. The average Bonchev–Trinajstić information content (AvgIpc) is 2.42. The van der Waals surface area contributed by atoms with E-state index in [4.69, 9.17) is 14.4 Å². The lowest BCUT2D eigenvalue weighted by Gasteiger charge is -2.37. The van der Waals surface area contributed by atoms with Crippen LogP contribution < -0.4 is 8.92 Å². The first-order valence-corrected chi connectivity index (χ1v) is 8.58. The van der Waals surface area contributed by atoms with Crippen LogP contribution >= 0.6 is 0 Å². The van der Waals surface area contributed by atoms with Crippen molar-refractivity contribution in [2.45, 2.75) is 52.1 Å². The molecular formula is C15H20O7S. The Kier molecular flexibility index (Phi) is 4.59. The summed E-state index contributed by atoms with van der Waals surface area (Å²) in [5.74, 6) is -0.170. The van der Waals surface area contributed by atoms with Crippen molar-refractivity contribution in [1.29, 1.82) is 0 Å². The molecule has 0 amide bonds. The van der Waals surface area contributed by atoms with E-state index >= 15 is 0 Å². The summed E-state index contributed by atoms with van der Waals surface area (Å²) in [6.07, 6.45) is 1.63. The standard InChI is InChI=1S/C15H20O7S/c1-9-10(2)14-11(8-12(9)22-23(18,19)20)4-6-15(3,21-14)7-5-13(16)17/h8H,4-7H2,1-3H3,(H,16,17)(H,18,19,20). The normalized spacial score (nSPS) is 20.5. The van der Waals surface area contributed by atoms with Crippen molar-refractivity contribution in [2.24, 2.45) is 0 Å². The third-order valence-corrected chi connectivity index (χ3v) is 4.59. The van der Waals surface area contributed by atoms with Gasteiger partial charge >= 0.3 is 16.4 Å². The highest BCUT2D eigenvalue weighted by atomic mass is 32.3. The summed E-state index contributed by atoms with van der Waals surface area (Å²) in [4.78, 5) is 10.8. The summed E-state index contributed by atoms with van der Waals surface area (Å²) < 4.78 is 41.4. The van der Waals surface area contributed by atoms with Crippen LogP contribution in [-0.4, -0.2) is 29.6 Å². The molecule has 0 saturated heterocycles. The molecule has 0 saturated carbocycles. The zero-order chi connectivity index (χ0) is 17.4. The highest BCUT2D eigenvalue weighted by molar-refractivity contribution is 7.81. The number of hydrogen-bond donors (Lipinski definition) is 2. The van der Waals surface area contributed by atoms with Gasteiger partial charge < -0.3 is 14.0 Å². The summed E-state index contributed by atoms with van der Waals surface area (Å²) in [6, 6.07) is 1.54. The molecule has 7 nitrogen and oxygen atoms in total. The summed E-state index contributed by atoms with van der Waals surface area (Å²) in [6.45, 7) is 5.31. The van der Waals surface area contributed by atoms with E-state index in [-0.39, 0.29) is 12.2 Å². The van der Waals surface area contributed by atoms with E-state index in [0.717, 1.165) is 5.56 Å². The molecule has 0 bridgehead atoms. The maximum absolute atomic E-state index is 10.9. The zero-order valence-electron chi connectivity index (χ0n) is 13.2. The molecule has 1 unspecified atom stereocenters. The minimum Gasteiger partial charge on any atom is -0.487 e. The number of aliphatic carboxylic acids is 1. The van der Waals surface area contributed by atoms with Gasteiger partial charge in [-0.2, -0.15) is 8.42 Å². The number of carboxylic acids is 1. The average molecular weight is 344 g/mol. The van der Waals surface area contributed by atoms with Crippen molar-refractivity contribution in [1.82, 2.24) is 0 Å². The van der Waals surface area contributed by atoms with Crippen molar-refractivity contribution >= 4 is 16.4 Å². The van der Waals surface area contributed by atoms with Gasteiger partial charge in [-0.1, -0.05) is 0 Å². The van der Waals surface area contributed by atoms with E-state index in [1.807, 2.05) is 6.92 Å². The van der Waals surface area contributed by atoms with E-state index in [1.165, 1.54) is 0 Å². The molecule has 0 aromatic heterocycles. The quantitative estimate of drug-likeness (QED) is 0.789. The van der Waals surface area contributed by atoms with Gasteiger partial charge in [0.1, 0.15) is 17.1 Å². The lowest BCUT2D eigenvalue weighted by Crippen LogP contribution is -2.37. The zero-order valence-corrected chi connectivity index (χ0v) is 14.1. The highest BCUT2D eigenvalue weighted by Gasteiger charge is 2.34. The molecule has 1 aromatic carbocycles. The minimum atomic E-state index is -4.59. The lowest BCUT2D eigenvalue weighted by molar-refractivity contribution is -0.138. The van der Waals surface area contributed by atoms with Gasteiger partial charge in [-0.15, -0.1) is 0 Å². The highest BCUT2D eigenvalue weighted by Crippen LogP contribution is 2.42. The second kappa shape index (κ2) is 6.01. The van der Waals surface area contributed by atoms with Gasteiger partial charge in [-0.3, -0.25) is 9.35 Å². The second-order valence-electron chi connectivity index (χ2n) is 6.07. The number of carbonyl (C=O) groups is 1. The first kappa shape index (κ1) is 17.6. The summed E-state index contributed by atoms with van der Waals surface area (Å²) >= 11 is 0. The predicted octanol–water partition coefficient (Wildman–Crippen LogP) is 2.43. The molecule has 1 heterocycles. The van der Waals surface area contributed by atoms with Crippen LogP contribution in [0.1, 0.15) is 42.9 Å². The first-order valence-electron chi connectivity index (χ1n) is 7.21. The van der Waals surface area contributed by atoms with Crippen LogP contribution in [-0.2, 0) is 21.6 Å². The molecule has 0 fully saturated rings.